The third-order valence-corrected chi connectivity index (χ3v) is 4.12. The number of likely N-dealkylation sites (tertiary alicyclic amines) is 1. The van der Waals surface area contributed by atoms with Crippen LogP contribution in [0, 0.1) is 0 Å². The maximum Gasteiger partial charge on any atom is 0.321 e. The van der Waals surface area contributed by atoms with E-state index in [9.17, 15) is 9.59 Å². The number of carbonyl (C=O) groups excluding carboxylic acids is 2. The molecule has 1 aromatic rings. The fourth-order valence-electron chi connectivity index (χ4n) is 3.08. The van der Waals surface area contributed by atoms with Crippen molar-refractivity contribution in [2.75, 3.05) is 19.6 Å². The zero-order chi connectivity index (χ0) is 15.8. The van der Waals surface area contributed by atoms with Gasteiger partial charge in [0.25, 0.3) is 5.91 Å². The molecule has 1 saturated heterocycles. The molecule has 5 heteroatoms. The molecule has 0 aliphatic carbocycles. The number of rotatable bonds is 4. The Hall–Kier alpha value is -1.88. The predicted molar refractivity (Wildman–Crippen MR) is 85.6 cm³/mol. The van der Waals surface area contributed by atoms with E-state index < -0.39 is 6.03 Å². The summed E-state index contributed by atoms with van der Waals surface area (Å²) in [5.41, 5.74) is 0.973. The highest BCUT2D eigenvalue weighted by Gasteiger charge is 2.32. The third-order valence-electron chi connectivity index (χ3n) is 4.12. The molecule has 2 rings (SSSR count). The Bertz CT molecular complexity index is 482. The number of benzene rings is 1. The van der Waals surface area contributed by atoms with E-state index >= 15 is 0 Å². The van der Waals surface area contributed by atoms with Gasteiger partial charge in [-0.3, -0.25) is 10.1 Å². The number of nitrogens with one attached hydrogen (secondary N) is 3. The van der Waals surface area contributed by atoms with Crippen molar-refractivity contribution < 1.29 is 14.5 Å². The van der Waals surface area contributed by atoms with Gasteiger partial charge in [-0.2, -0.15) is 0 Å². The van der Waals surface area contributed by atoms with Crippen molar-refractivity contribution in [3.05, 3.63) is 35.9 Å². The molecular formula is C17H26N3O2+. The molecule has 0 spiro atoms. The molecule has 1 atom stereocenters. The molecule has 0 radical (unpaired) electrons. The van der Waals surface area contributed by atoms with Crippen LogP contribution in [0.4, 0.5) is 4.79 Å². The summed E-state index contributed by atoms with van der Waals surface area (Å²) in [6, 6.07) is 9.04. The first-order valence-corrected chi connectivity index (χ1v) is 8.20. The molecule has 22 heavy (non-hydrogen) atoms. The molecule has 1 fully saturated rings. The van der Waals surface area contributed by atoms with Crippen molar-refractivity contribution in [3.63, 3.8) is 0 Å². The molecule has 1 heterocycles. The molecule has 0 bridgehead atoms. The lowest BCUT2D eigenvalue weighted by Gasteiger charge is -2.26. The highest BCUT2D eigenvalue weighted by molar-refractivity contribution is 5.96. The van der Waals surface area contributed by atoms with Crippen molar-refractivity contribution in [3.8, 4) is 0 Å². The fraction of sp³-hybridized carbons (Fsp3) is 0.529. The van der Waals surface area contributed by atoms with Gasteiger partial charge in [0, 0.05) is 12.1 Å². The van der Waals surface area contributed by atoms with Crippen LogP contribution in [0.3, 0.4) is 0 Å². The van der Waals surface area contributed by atoms with Crippen LogP contribution in [0.2, 0.25) is 0 Å². The smallest absolute Gasteiger partial charge is 0.321 e. The minimum Gasteiger partial charge on any atom is -0.338 e. The first kappa shape index (κ1) is 16.5. The maximum atomic E-state index is 12.6. The van der Waals surface area contributed by atoms with E-state index in [1.165, 1.54) is 17.7 Å². The summed E-state index contributed by atoms with van der Waals surface area (Å²) in [7, 11) is 0. The second-order valence-electron chi connectivity index (χ2n) is 5.76. The van der Waals surface area contributed by atoms with E-state index in [1.54, 1.807) is 0 Å². The topological polar surface area (TPSA) is 62.6 Å². The molecule has 1 aliphatic rings. The number of imide groups is 1. The summed E-state index contributed by atoms with van der Waals surface area (Å²) in [6.07, 6.45) is 4.71. The first-order valence-electron chi connectivity index (χ1n) is 8.20. The van der Waals surface area contributed by atoms with E-state index in [1.807, 2.05) is 37.3 Å². The molecule has 1 aromatic carbocycles. The van der Waals surface area contributed by atoms with E-state index in [0.717, 1.165) is 31.5 Å². The number of urea groups is 1. The Morgan fingerprint density at radius 3 is 2.32 bits per heavy atom. The maximum absolute atomic E-state index is 12.6. The van der Waals surface area contributed by atoms with Crippen LogP contribution in [-0.2, 0) is 4.79 Å². The Kier molecular flexibility index (Phi) is 6.40. The van der Waals surface area contributed by atoms with Crippen molar-refractivity contribution in [2.45, 2.75) is 38.6 Å². The first-order chi connectivity index (χ1) is 10.7. The highest BCUT2D eigenvalue weighted by atomic mass is 16.2. The van der Waals surface area contributed by atoms with Crippen LogP contribution >= 0.6 is 0 Å². The van der Waals surface area contributed by atoms with Crippen LogP contribution in [0.1, 0.15) is 44.2 Å². The molecule has 120 valence electrons. The minimum atomic E-state index is -0.414. The summed E-state index contributed by atoms with van der Waals surface area (Å²) in [5.74, 6) is -0.214. The molecule has 0 saturated carbocycles. The summed E-state index contributed by atoms with van der Waals surface area (Å²) in [4.78, 5) is 25.6. The zero-order valence-electron chi connectivity index (χ0n) is 13.2. The van der Waals surface area contributed by atoms with Gasteiger partial charge in [-0.05, 0) is 32.6 Å². The van der Waals surface area contributed by atoms with Gasteiger partial charge in [0.05, 0.1) is 13.1 Å². The van der Waals surface area contributed by atoms with Crippen LogP contribution in [0.15, 0.2) is 30.3 Å². The lowest BCUT2D eigenvalue weighted by Crippen LogP contribution is -3.13. The van der Waals surface area contributed by atoms with E-state index in [0.29, 0.717) is 6.54 Å². The van der Waals surface area contributed by atoms with Gasteiger partial charge in [-0.15, -0.1) is 0 Å². The number of carbonyl (C=O) groups is 2. The number of hydrogen-bond acceptors (Lipinski definition) is 2. The van der Waals surface area contributed by atoms with Gasteiger partial charge in [0.2, 0.25) is 0 Å². The van der Waals surface area contributed by atoms with Gasteiger partial charge < -0.3 is 10.2 Å². The number of amides is 3. The van der Waals surface area contributed by atoms with Gasteiger partial charge in [0.15, 0.2) is 6.04 Å². The lowest BCUT2D eigenvalue weighted by molar-refractivity contribution is -0.921. The largest absolute Gasteiger partial charge is 0.338 e. The standard InChI is InChI=1S/C17H25N3O2/c1-2-18-17(22)19-16(21)15(14-10-6-5-7-11-14)20-12-8-3-4-9-13-20/h5-7,10-11,15H,2-4,8-9,12-13H2,1H3,(H2,18,19,21,22)/p+1/t15-/m1/s1. The molecule has 0 unspecified atom stereocenters. The van der Waals surface area contributed by atoms with Crippen molar-refractivity contribution in [2.24, 2.45) is 0 Å². The quantitative estimate of drug-likeness (QED) is 0.778. The predicted octanol–water partition coefficient (Wildman–Crippen LogP) is 1.03. The number of hydrogen-bond donors (Lipinski definition) is 3. The minimum absolute atomic E-state index is 0.214. The zero-order valence-corrected chi connectivity index (χ0v) is 13.2. The average molecular weight is 304 g/mol. The van der Waals surface area contributed by atoms with Crippen LogP contribution < -0.4 is 15.5 Å². The van der Waals surface area contributed by atoms with Crippen molar-refractivity contribution in [1.29, 1.82) is 0 Å². The number of quaternary nitrogens is 1. The van der Waals surface area contributed by atoms with E-state index in [-0.39, 0.29) is 11.9 Å². The summed E-state index contributed by atoms with van der Waals surface area (Å²) < 4.78 is 0. The van der Waals surface area contributed by atoms with Gasteiger partial charge in [0.1, 0.15) is 0 Å². The Morgan fingerprint density at radius 1 is 1.09 bits per heavy atom. The van der Waals surface area contributed by atoms with E-state index in [4.69, 9.17) is 0 Å². The normalized spacial score (nSPS) is 17.3. The molecule has 0 aromatic heterocycles. The van der Waals surface area contributed by atoms with E-state index in [2.05, 4.69) is 10.6 Å². The Labute approximate surface area is 132 Å². The monoisotopic (exact) mass is 304 g/mol. The Balaban J connectivity index is 2.17. The summed E-state index contributed by atoms with van der Waals surface area (Å²) in [5, 5.41) is 5.11. The van der Waals surface area contributed by atoms with Crippen LogP contribution in [-0.4, -0.2) is 31.6 Å². The molecule has 5 nitrogen and oxygen atoms in total. The second kappa shape index (κ2) is 8.54. The molecule has 3 N–H and O–H groups in total. The third kappa shape index (κ3) is 4.56. The van der Waals surface area contributed by atoms with Gasteiger partial charge in [-0.1, -0.05) is 30.3 Å². The van der Waals surface area contributed by atoms with Gasteiger partial charge >= 0.3 is 6.03 Å². The fourth-order valence-corrected chi connectivity index (χ4v) is 3.08. The van der Waals surface area contributed by atoms with Gasteiger partial charge in [-0.25, -0.2) is 4.79 Å². The van der Waals surface area contributed by atoms with Crippen LogP contribution in [0.25, 0.3) is 0 Å². The Morgan fingerprint density at radius 2 is 1.73 bits per heavy atom. The average Bonchev–Trinajstić information content (AvgIpc) is 2.78. The van der Waals surface area contributed by atoms with Crippen molar-refractivity contribution in [1.82, 2.24) is 10.6 Å². The summed E-state index contributed by atoms with van der Waals surface area (Å²) in [6.45, 7) is 4.29. The SMILES string of the molecule is CCNC(=O)NC(=O)[C@@H](c1ccccc1)[NH+]1CCCCCC1. The second-order valence-corrected chi connectivity index (χ2v) is 5.76. The van der Waals surface area contributed by atoms with Crippen LogP contribution in [0.5, 0.6) is 0 Å². The molecular weight excluding hydrogens is 278 g/mol. The summed E-state index contributed by atoms with van der Waals surface area (Å²) >= 11 is 0. The lowest BCUT2D eigenvalue weighted by atomic mass is 10.0. The molecule has 1 aliphatic heterocycles. The molecule has 3 amide bonds. The highest BCUT2D eigenvalue weighted by Crippen LogP contribution is 2.11. The van der Waals surface area contributed by atoms with Crippen molar-refractivity contribution >= 4 is 11.9 Å².